The standard InChI is InChI=1S/C26H28N4O4/c27-13-20-10-19-11-21(28-25(31)34-16-17-4-2-1-3-5-17)7-6-18(19)12-24(20)29-14-22-8-9-23(15-29)30(22)26(32)33/h1-5,10,12,21-23H,6-9,11,14-16H2,(H,28,31)(H,32,33). The number of fused-ring (bicyclic) bond motifs is 3. The molecule has 1 aliphatic carbocycles. The van der Waals surface area contributed by atoms with Crippen molar-refractivity contribution in [3.63, 3.8) is 0 Å². The topological polar surface area (TPSA) is 106 Å². The monoisotopic (exact) mass is 460 g/mol. The van der Waals surface area contributed by atoms with Gasteiger partial charge in [0.05, 0.1) is 23.3 Å². The van der Waals surface area contributed by atoms with Gasteiger partial charge in [0.15, 0.2) is 0 Å². The minimum atomic E-state index is -0.848. The summed E-state index contributed by atoms with van der Waals surface area (Å²) in [7, 11) is 0. The van der Waals surface area contributed by atoms with Crippen LogP contribution < -0.4 is 10.2 Å². The third-order valence-electron chi connectivity index (χ3n) is 7.25. The number of piperazine rings is 1. The molecule has 2 N–H and O–H groups in total. The Balaban J connectivity index is 1.25. The Bertz CT molecular complexity index is 1120. The predicted molar refractivity (Wildman–Crippen MR) is 126 cm³/mol. The van der Waals surface area contributed by atoms with Crippen LogP contribution in [-0.4, -0.2) is 53.4 Å². The van der Waals surface area contributed by atoms with E-state index in [1.807, 2.05) is 36.4 Å². The number of carbonyl (C=O) groups excluding carboxylic acids is 1. The number of alkyl carbamates (subject to hydrolysis) is 1. The van der Waals surface area contributed by atoms with E-state index in [1.54, 1.807) is 4.90 Å². The Labute approximate surface area is 198 Å². The van der Waals surface area contributed by atoms with Crippen LogP contribution in [0, 0.1) is 11.3 Å². The van der Waals surface area contributed by atoms with Crippen molar-refractivity contribution in [1.82, 2.24) is 10.2 Å². The number of ether oxygens (including phenoxy) is 1. The van der Waals surface area contributed by atoms with Crippen molar-refractivity contribution in [3.05, 3.63) is 64.7 Å². The predicted octanol–water partition coefficient (Wildman–Crippen LogP) is 3.67. The largest absolute Gasteiger partial charge is 0.465 e. The van der Waals surface area contributed by atoms with Gasteiger partial charge in [-0.05, 0) is 60.9 Å². The van der Waals surface area contributed by atoms with Crippen LogP contribution in [0.15, 0.2) is 42.5 Å². The highest BCUT2D eigenvalue weighted by Crippen LogP contribution is 2.36. The maximum Gasteiger partial charge on any atom is 0.407 e. The zero-order valence-electron chi connectivity index (χ0n) is 18.9. The van der Waals surface area contributed by atoms with E-state index in [1.165, 1.54) is 5.56 Å². The van der Waals surface area contributed by atoms with Crippen molar-refractivity contribution in [2.75, 3.05) is 18.0 Å². The summed E-state index contributed by atoms with van der Waals surface area (Å²) in [4.78, 5) is 27.7. The first-order valence-corrected chi connectivity index (χ1v) is 11.8. The summed E-state index contributed by atoms with van der Waals surface area (Å²) in [6.07, 6.45) is 2.72. The Kier molecular flexibility index (Phi) is 6.01. The molecule has 176 valence electrons. The number of aryl methyl sites for hydroxylation is 1. The van der Waals surface area contributed by atoms with Crippen LogP contribution in [0.5, 0.6) is 0 Å². The molecule has 0 spiro atoms. The van der Waals surface area contributed by atoms with Crippen LogP contribution in [0.2, 0.25) is 0 Å². The Morgan fingerprint density at radius 2 is 1.82 bits per heavy atom. The molecule has 2 aromatic carbocycles. The molecular formula is C26H28N4O4. The molecule has 2 heterocycles. The van der Waals surface area contributed by atoms with Crippen molar-refractivity contribution >= 4 is 17.9 Å². The number of amides is 2. The molecule has 8 heteroatoms. The van der Waals surface area contributed by atoms with Crippen molar-refractivity contribution in [1.29, 1.82) is 5.26 Å². The zero-order chi connectivity index (χ0) is 23.7. The van der Waals surface area contributed by atoms with E-state index in [2.05, 4.69) is 22.4 Å². The molecule has 2 bridgehead atoms. The number of nitrogens with one attached hydrogen (secondary N) is 1. The number of carbonyl (C=O) groups is 2. The number of anilines is 1. The smallest absolute Gasteiger partial charge is 0.407 e. The van der Waals surface area contributed by atoms with Crippen LogP contribution in [0.3, 0.4) is 0 Å². The maximum atomic E-state index is 12.3. The van der Waals surface area contributed by atoms with Gasteiger partial charge in [0.1, 0.15) is 12.7 Å². The quantitative estimate of drug-likeness (QED) is 0.721. The molecule has 2 fully saturated rings. The van der Waals surface area contributed by atoms with E-state index in [9.17, 15) is 20.0 Å². The second-order valence-electron chi connectivity index (χ2n) is 9.38. The van der Waals surface area contributed by atoms with Gasteiger partial charge in [-0.25, -0.2) is 9.59 Å². The van der Waals surface area contributed by atoms with Crippen molar-refractivity contribution in [3.8, 4) is 6.07 Å². The first-order chi connectivity index (χ1) is 16.5. The highest BCUT2D eigenvalue weighted by molar-refractivity contribution is 5.69. The van der Waals surface area contributed by atoms with Gasteiger partial charge in [0.2, 0.25) is 0 Å². The van der Waals surface area contributed by atoms with E-state index < -0.39 is 12.2 Å². The molecule has 2 aliphatic heterocycles. The Hall–Kier alpha value is -3.73. The van der Waals surface area contributed by atoms with Crippen LogP contribution in [0.1, 0.15) is 41.5 Å². The summed E-state index contributed by atoms with van der Waals surface area (Å²) in [5, 5.41) is 22.4. The number of hydrogen-bond donors (Lipinski definition) is 2. The Morgan fingerprint density at radius 1 is 1.09 bits per heavy atom. The number of rotatable bonds is 4. The van der Waals surface area contributed by atoms with Crippen molar-refractivity contribution in [2.24, 2.45) is 0 Å². The molecule has 5 rings (SSSR count). The number of benzene rings is 2. The lowest BCUT2D eigenvalue weighted by molar-refractivity contribution is 0.115. The lowest BCUT2D eigenvalue weighted by Crippen LogP contribution is -2.55. The maximum absolute atomic E-state index is 12.3. The van der Waals surface area contributed by atoms with Gasteiger partial charge < -0.3 is 20.1 Å². The van der Waals surface area contributed by atoms with E-state index in [-0.39, 0.29) is 24.7 Å². The molecule has 34 heavy (non-hydrogen) atoms. The third-order valence-corrected chi connectivity index (χ3v) is 7.25. The average Bonchev–Trinajstić information content (AvgIpc) is 3.12. The van der Waals surface area contributed by atoms with Gasteiger partial charge in [0.25, 0.3) is 0 Å². The summed E-state index contributed by atoms with van der Waals surface area (Å²) in [5.41, 5.74) is 4.71. The fourth-order valence-electron chi connectivity index (χ4n) is 5.61. The molecular weight excluding hydrogens is 432 g/mol. The summed E-state index contributed by atoms with van der Waals surface area (Å²) >= 11 is 0. The molecule has 0 radical (unpaired) electrons. The minimum Gasteiger partial charge on any atom is -0.465 e. The number of nitrogens with zero attached hydrogens (tertiary/aromatic N) is 3. The summed E-state index contributed by atoms with van der Waals surface area (Å²) in [6, 6.07) is 15.9. The molecule has 2 saturated heterocycles. The molecule has 2 aromatic rings. The van der Waals surface area contributed by atoms with Gasteiger partial charge in [-0.3, -0.25) is 4.90 Å². The zero-order valence-corrected chi connectivity index (χ0v) is 18.9. The molecule has 0 saturated carbocycles. The fraction of sp³-hybridized carbons (Fsp3) is 0.423. The van der Waals surface area contributed by atoms with E-state index in [0.717, 1.165) is 42.5 Å². The Morgan fingerprint density at radius 3 is 2.50 bits per heavy atom. The van der Waals surface area contributed by atoms with Gasteiger partial charge >= 0.3 is 12.2 Å². The third kappa shape index (κ3) is 4.38. The lowest BCUT2D eigenvalue weighted by atomic mass is 9.86. The fourth-order valence-corrected chi connectivity index (χ4v) is 5.61. The van der Waals surface area contributed by atoms with Crippen molar-refractivity contribution in [2.45, 2.75) is 56.8 Å². The van der Waals surface area contributed by atoms with Gasteiger partial charge in [-0.2, -0.15) is 5.26 Å². The first-order valence-electron chi connectivity index (χ1n) is 11.8. The molecule has 3 atom stereocenters. The number of carboxylic acid groups (broad SMARTS) is 1. The molecule has 3 unspecified atom stereocenters. The van der Waals surface area contributed by atoms with E-state index in [4.69, 9.17) is 4.74 Å². The van der Waals surface area contributed by atoms with Crippen LogP contribution in [-0.2, 0) is 24.2 Å². The number of hydrogen-bond acceptors (Lipinski definition) is 5. The van der Waals surface area contributed by atoms with E-state index in [0.29, 0.717) is 25.1 Å². The molecule has 2 amide bonds. The SMILES string of the molecule is N#Cc1cc2c(cc1N1CC3CCC(C1)N3C(=O)O)CCC(NC(=O)OCc1ccccc1)C2. The molecule has 8 nitrogen and oxygen atoms in total. The van der Waals surface area contributed by atoms with Gasteiger partial charge in [0, 0.05) is 19.1 Å². The van der Waals surface area contributed by atoms with E-state index >= 15 is 0 Å². The first kappa shape index (κ1) is 22.1. The highest BCUT2D eigenvalue weighted by Gasteiger charge is 2.43. The summed E-state index contributed by atoms with van der Waals surface area (Å²) in [6.45, 7) is 1.47. The summed E-state index contributed by atoms with van der Waals surface area (Å²) < 4.78 is 5.36. The van der Waals surface area contributed by atoms with Crippen molar-refractivity contribution < 1.29 is 19.4 Å². The molecule has 3 aliphatic rings. The number of nitriles is 1. The second-order valence-corrected chi connectivity index (χ2v) is 9.38. The minimum absolute atomic E-state index is 0.0192. The summed E-state index contributed by atoms with van der Waals surface area (Å²) in [5.74, 6) is 0. The van der Waals surface area contributed by atoms with Crippen LogP contribution in [0.25, 0.3) is 0 Å². The van der Waals surface area contributed by atoms with Gasteiger partial charge in [-0.15, -0.1) is 0 Å². The van der Waals surface area contributed by atoms with Gasteiger partial charge in [-0.1, -0.05) is 30.3 Å². The highest BCUT2D eigenvalue weighted by atomic mass is 16.5. The van der Waals surface area contributed by atoms with Crippen LogP contribution in [0.4, 0.5) is 15.3 Å². The normalized spacial score (nSPS) is 23.1. The molecule has 0 aromatic heterocycles. The van der Waals surface area contributed by atoms with Crippen LogP contribution >= 0.6 is 0 Å². The average molecular weight is 461 g/mol. The lowest BCUT2D eigenvalue weighted by Gasteiger charge is -2.41. The second kappa shape index (κ2) is 9.26.